The van der Waals surface area contributed by atoms with Gasteiger partial charge in [-0.2, -0.15) is 0 Å². The van der Waals surface area contributed by atoms with Gasteiger partial charge < -0.3 is 0 Å². The molecule has 64 valence electrons. The highest BCUT2D eigenvalue weighted by atomic mass is 32.1. The Hall–Kier alpha value is -0.970. The van der Waals surface area contributed by atoms with Crippen LogP contribution in [0.4, 0.5) is 4.39 Å². The van der Waals surface area contributed by atoms with Gasteiger partial charge in [-0.05, 0) is 11.4 Å². The normalized spacial score (nSPS) is 33.2. The van der Waals surface area contributed by atoms with Crippen molar-refractivity contribution in [1.82, 2.24) is 0 Å². The van der Waals surface area contributed by atoms with Gasteiger partial charge >= 0.3 is 0 Å². The van der Waals surface area contributed by atoms with Crippen molar-refractivity contribution in [2.24, 2.45) is 0 Å². The molecule has 3 nitrogen and oxygen atoms in total. The number of hydrogen-bond acceptors (Lipinski definition) is 3. The van der Waals surface area contributed by atoms with Gasteiger partial charge in [-0.1, -0.05) is 6.07 Å². The molecule has 0 radical (unpaired) electrons. The highest BCUT2D eigenvalue weighted by molar-refractivity contribution is 7.10. The molecule has 1 fully saturated rings. The highest BCUT2D eigenvalue weighted by Crippen LogP contribution is 2.47. The molecule has 0 saturated heterocycles. The lowest BCUT2D eigenvalue weighted by atomic mass is 10.3. The zero-order chi connectivity index (χ0) is 8.72. The third kappa shape index (κ3) is 1.01. The molecule has 12 heavy (non-hydrogen) atoms. The Bertz CT molecular complexity index is 300. The Morgan fingerprint density at radius 1 is 1.67 bits per heavy atom. The van der Waals surface area contributed by atoms with Crippen LogP contribution in [0, 0.1) is 10.1 Å². The average Bonchev–Trinajstić information content (AvgIpc) is 2.50. The standard InChI is InChI=1S/C7H6FNO2S/c8-6-5(7(6)9(10)11)4-2-1-3-12-4/h1-3,5-7H/t5-,6+,7+/m0/s1. The van der Waals surface area contributed by atoms with Crippen molar-refractivity contribution in [2.45, 2.75) is 18.1 Å². The third-order valence-corrected chi connectivity index (χ3v) is 2.99. The van der Waals surface area contributed by atoms with Gasteiger partial charge in [0.1, 0.15) is 5.92 Å². The zero-order valence-electron chi connectivity index (χ0n) is 6.01. The van der Waals surface area contributed by atoms with E-state index in [4.69, 9.17) is 0 Å². The smallest absolute Gasteiger partial charge is 0.255 e. The van der Waals surface area contributed by atoms with Crippen LogP contribution in [-0.4, -0.2) is 17.1 Å². The van der Waals surface area contributed by atoms with Gasteiger partial charge in [0.2, 0.25) is 0 Å². The van der Waals surface area contributed by atoms with E-state index >= 15 is 0 Å². The second kappa shape index (κ2) is 2.52. The van der Waals surface area contributed by atoms with Gasteiger partial charge in [-0.15, -0.1) is 11.3 Å². The summed E-state index contributed by atoms with van der Waals surface area (Å²) >= 11 is 1.37. The molecule has 0 N–H and O–H groups in total. The van der Waals surface area contributed by atoms with E-state index in [0.29, 0.717) is 0 Å². The van der Waals surface area contributed by atoms with E-state index < -0.39 is 23.1 Å². The Kier molecular flexibility index (Phi) is 1.61. The fraction of sp³-hybridized carbons (Fsp3) is 0.429. The largest absolute Gasteiger partial charge is 0.264 e. The first-order valence-electron chi connectivity index (χ1n) is 3.53. The minimum Gasteiger partial charge on any atom is -0.264 e. The molecule has 1 saturated carbocycles. The SMILES string of the molecule is O=[N+]([O-])[C@H]1[C@H](F)[C@@H]1c1cccs1. The predicted octanol–water partition coefficient (Wildman–Crippen LogP) is 1.83. The molecule has 2 rings (SSSR count). The molecule has 1 aromatic heterocycles. The molecular formula is C7H6FNO2S. The van der Waals surface area contributed by atoms with Gasteiger partial charge in [0.25, 0.3) is 6.04 Å². The first-order valence-corrected chi connectivity index (χ1v) is 4.41. The second-order valence-corrected chi connectivity index (χ2v) is 3.74. The number of thiophene rings is 1. The molecule has 0 unspecified atom stereocenters. The molecular weight excluding hydrogens is 181 g/mol. The van der Waals surface area contributed by atoms with Gasteiger partial charge in [0.15, 0.2) is 6.17 Å². The van der Waals surface area contributed by atoms with Gasteiger partial charge in [-0.25, -0.2) is 4.39 Å². The van der Waals surface area contributed by atoms with Crippen LogP contribution >= 0.6 is 11.3 Å². The molecule has 0 aliphatic heterocycles. The molecule has 1 aliphatic carbocycles. The van der Waals surface area contributed by atoms with Crippen LogP contribution in [0.2, 0.25) is 0 Å². The second-order valence-electron chi connectivity index (χ2n) is 2.76. The van der Waals surface area contributed by atoms with E-state index in [-0.39, 0.29) is 0 Å². The molecule has 0 amide bonds. The van der Waals surface area contributed by atoms with Crippen molar-refractivity contribution in [3.05, 3.63) is 32.5 Å². The lowest BCUT2D eigenvalue weighted by Crippen LogP contribution is -2.04. The first kappa shape index (κ1) is 7.67. The van der Waals surface area contributed by atoms with Gasteiger partial charge in [0, 0.05) is 9.80 Å². The van der Waals surface area contributed by atoms with E-state index in [1.54, 1.807) is 17.5 Å². The maximum absolute atomic E-state index is 12.8. The van der Waals surface area contributed by atoms with Crippen LogP contribution in [-0.2, 0) is 0 Å². The molecule has 1 aliphatic rings. The molecule has 1 aromatic rings. The molecule has 1 heterocycles. The minimum absolute atomic E-state index is 0.486. The van der Waals surface area contributed by atoms with Crippen LogP contribution in [0.15, 0.2) is 17.5 Å². The molecule has 3 atom stereocenters. The van der Waals surface area contributed by atoms with Gasteiger partial charge in [-0.3, -0.25) is 10.1 Å². The van der Waals surface area contributed by atoms with Crippen LogP contribution < -0.4 is 0 Å². The lowest BCUT2D eigenvalue weighted by molar-refractivity contribution is -0.499. The number of hydrogen-bond donors (Lipinski definition) is 0. The molecule has 0 aromatic carbocycles. The Labute approximate surface area is 72.0 Å². The summed E-state index contributed by atoms with van der Waals surface area (Å²) in [6.07, 6.45) is -1.28. The van der Waals surface area contributed by atoms with Crippen molar-refractivity contribution >= 4 is 11.3 Å². The summed E-state index contributed by atoms with van der Waals surface area (Å²) < 4.78 is 12.8. The number of rotatable bonds is 2. The van der Waals surface area contributed by atoms with Crippen LogP contribution in [0.1, 0.15) is 10.8 Å². The van der Waals surface area contributed by atoms with Crippen molar-refractivity contribution in [3.8, 4) is 0 Å². The van der Waals surface area contributed by atoms with E-state index in [2.05, 4.69) is 0 Å². The molecule has 0 spiro atoms. The van der Waals surface area contributed by atoms with Crippen molar-refractivity contribution in [3.63, 3.8) is 0 Å². The van der Waals surface area contributed by atoms with Crippen LogP contribution in [0.25, 0.3) is 0 Å². The first-order chi connectivity index (χ1) is 5.72. The van der Waals surface area contributed by atoms with E-state index in [9.17, 15) is 14.5 Å². The highest BCUT2D eigenvalue weighted by Gasteiger charge is 2.63. The van der Waals surface area contributed by atoms with Gasteiger partial charge in [0.05, 0.1) is 0 Å². The number of halogens is 1. The Morgan fingerprint density at radius 2 is 2.42 bits per heavy atom. The van der Waals surface area contributed by atoms with E-state index in [1.165, 1.54) is 11.3 Å². The lowest BCUT2D eigenvalue weighted by Gasteiger charge is -1.86. The minimum atomic E-state index is -1.28. The zero-order valence-corrected chi connectivity index (χ0v) is 6.83. The third-order valence-electron chi connectivity index (χ3n) is 2.01. The maximum atomic E-state index is 12.8. The number of alkyl halides is 1. The Morgan fingerprint density at radius 3 is 2.83 bits per heavy atom. The monoisotopic (exact) mass is 187 g/mol. The molecule has 0 bridgehead atoms. The van der Waals surface area contributed by atoms with Crippen molar-refractivity contribution in [2.75, 3.05) is 0 Å². The summed E-state index contributed by atoms with van der Waals surface area (Å²) in [5.74, 6) is -0.486. The summed E-state index contributed by atoms with van der Waals surface area (Å²) in [6.45, 7) is 0. The number of nitro groups is 1. The number of nitrogens with zero attached hydrogens (tertiary/aromatic N) is 1. The predicted molar refractivity (Wildman–Crippen MR) is 42.7 cm³/mol. The fourth-order valence-corrected chi connectivity index (χ4v) is 2.21. The van der Waals surface area contributed by atoms with E-state index in [0.717, 1.165) is 4.88 Å². The summed E-state index contributed by atoms with van der Waals surface area (Å²) in [7, 11) is 0. The van der Waals surface area contributed by atoms with E-state index in [1.807, 2.05) is 0 Å². The summed E-state index contributed by atoms with van der Waals surface area (Å²) in [4.78, 5) is 10.5. The van der Waals surface area contributed by atoms with Crippen molar-refractivity contribution in [1.29, 1.82) is 0 Å². The van der Waals surface area contributed by atoms with Crippen LogP contribution in [0.5, 0.6) is 0 Å². The molecule has 5 heteroatoms. The Balaban J connectivity index is 2.15. The quantitative estimate of drug-likeness (QED) is 0.523. The average molecular weight is 187 g/mol. The topological polar surface area (TPSA) is 43.1 Å². The fourth-order valence-electron chi connectivity index (χ4n) is 1.31. The summed E-state index contributed by atoms with van der Waals surface area (Å²) in [5.41, 5.74) is 0. The van der Waals surface area contributed by atoms with Crippen LogP contribution in [0.3, 0.4) is 0 Å². The van der Waals surface area contributed by atoms with Crippen molar-refractivity contribution < 1.29 is 9.31 Å². The summed E-state index contributed by atoms with van der Waals surface area (Å²) in [6, 6.07) is 2.52. The maximum Gasteiger partial charge on any atom is 0.255 e. The summed E-state index contributed by atoms with van der Waals surface area (Å²) in [5, 5.41) is 12.1.